The summed E-state index contributed by atoms with van der Waals surface area (Å²) in [6, 6.07) is 9.68. The number of carbonyl (C=O) groups excluding carboxylic acids is 1. The molecule has 17 heavy (non-hydrogen) atoms. The molecule has 4 heteroatoms. The molecule has 0 saturated carbocycles. The number of benzene rings is 1. The second kappa shape index (κ2) is 6.05. The van der Waals surface area contributed by atoms with E-state index in [1.807, 2.05) is 35.2 Å². The lowest BCUT2D eigenvalue weighted by molar-refractivity contribution is -0.132. The Morgan fingerprint density at radius 2 is 2.12 bits per heavy atom. The van der Waals surface area contributed by atoms with Crippen molar-refractivity contribution in [2.24, 2.45) is 0 Å². The zero-order chi connectivity index (χ0) is 12.1. The van der Waals surface area contributed by atoms with Gasteiger partial charge in [0.05, 0.1) is 11.4 Å². The van der Waals surface area contributed by atoms with Crippen molar-refractivity contribution in [1.29, 1.82) is 0 Å². The predicted octanol–water partition coefficient (Wildman–Crippen LogP) is 2.45. The van der Waals surface area contributed by atoms with Crippen LogP contribution in [0.1, 0.15) is 12.8 Å². The summed E-state index contributed by atoms with van der Waals surface area (Å²) < 4.78 is 5.58. The largest absolute Gasteiger partial charge is 0.492 e. The molecule has 1 amide bonds. The van der Waals surface area contributed by atoms with Crippen LogP contribution in [0.5, 0.6) is 5.75 Å². The molecule has 1 heterocycles. The molecule has 0 radical (unpaired) electrons. The van der Waals surface area contributed by atoms with Gasteiger partial charge in [0.25, 0.3) is 0 Å². The van der Waals surface area contributed by atoms with Gasteiger partial charge < -0.3 is 9.64 Å². The van der Waals surface area contributed by atoms with Crippen molar-refractivity contribution in [2.75, 3.05) is 19.7 Å². The Kier molecular flexibility index (Phi) is 4.42. The summed E-state index contributed by atoms with van der Waals surface area (Å²) >= 11 is 3.40. The van der Waals surface area contributed by atoms with Gasteiger partial charge in [0.15, 0.2) is 0 Å². The average molecular weight is 298 g/mol. The van der Waals surface area contributed by atoms with Crippen molar-refractivity contribution in [2.45, 2.75) is 17.7 Å². The van der Waals surface area contributed by atoms with Gasteiger partial charge in [-0.2, -0.15) is 0 Å². The molecular formula is C13H16BrNO2. The van der Waals surface area contributed by atoms with Gasteiger partial charge in [-0.05, 0) is 25.0 Å². The Balaban J connectivity index is 1.77. The average Bonchev–Trinajstić information content (AvgIpc) is 2.36. The Labute approximate surface area is 110 Å². The van der Waals surface area contributed by atoms with E-state index in [-0.39, 0.29) is 10.7 Å². The van der Waals surface area contributed by atoms with Crippen LogP contribution in [0.3, 0.4) is 0 Å². The molecule has 1 fully saturated rings. The fourth-order valence-corrected chi connectivity index (χ4v) is 2.52. The molecule has 1 unspecified atom stereocenters. The van der Waals surface area contributed by atoms with Crippen LogP contribution in [-0.4, -0.2) is 35.3 Å². The minimum atomic E-state index is -0.00650. The van der Waals surface area contributed by atoms with Crippen molar-refractivity contribution in [3.63, 3.8) is 0 Å². The quantitative estimate of drug-likeness (QED) is 0.799. The number of likely N-dealkylation sites (tertiary alicyclic amines) is 1. The van der Waals surface area contributed by atoms with Crippen molar-refractivity contribution in [1.82, 2.24) is 4.90 Å². The Hall–Kier alpha value is -1.03. The highest BCUT2D eigenvalue weighted by atomic mass is 79.9. The third-order valence-corrected chi connectivity index (χ3v) is 3.69. The second-order valence-electron chi connectivity index (χ2n) is 4.10. The number of para-hydroxylation sites is 1. The number of hydrogen-bond acceptors (Lipinski definition) is 2. The third-order valence-electron chi connectivity index (χ3n) is 2.84. The molecule has 1 atom stereocenters. The normalized spacial score (nSPS) is 20.4. The summed E-state index contributed by atoms with van der Waals surface area (Å²) in [7, 11) is 0. The number of halogens is 1. The fraction of sp³-hybridized carbons (Fsp3) is 0.462. The number of hydrogen-bond donors (Lipinski definition) is 0. The Morgan fingerprint density at radius 3 is 2.88 bits per heavy atom. The number of piperidine rings is 1. The van der Waals surface area contributed by atoms with Crippen molar-refractivity contribution >= 4 is 21.8 Å². The molecule has 2 rings (SSSR count). The number of rotatable bonds is 4. The highest BCUT2D eigenvalue weighted by Gasteiger charge is 2.25. The molecule has 1 aromatic carbocycles. The lowest BCUT2D eigenvalue weighted by Crippen LogP contribution is -2.43. The number of amides is 1. The number of alkyl halides is 1. The summed E-state index contributed by atoms with van der Waals surface area (Å²) in [4.78, 5) is 13.7. The topological polar surface area (TPSA) is 29.5 Å². The summed E-state index contributed by atoms with van der Waals surface area (Å²) in [6.45, 7) is 2.06. The predicted molar refractivity (Wildman–Crippen MR) is 70.5 cm³/mol. The van der Waals surface area contributed by atoms with Gasteiger partial charge in [-0.15, -0.1) is 0 Å². The van der Waals surface area contributed by atoms with E-state index in [4.69, 9.17) is 4.74 Å². The number of nitrogens with zero attached hydrogens (tertiary/aromatic N) is 1. The molecule has 0 spiro atoms. The number of ether oxygens (including phenoxy) is 1. The summed E-state index contributed by atoms with van der Waals surface area (Å²) in [5.41, 5.74) is 0. The van der Waals surface area contributed by atoms with Gasteiger partial charge in [-0.3, -0.25) is 4.79 Å². The third kappa shape index (κ3) is 3.46. The molecule has 1 aromatic rings. The van der Waals surface area contributed by atoms with E-state index in [9.17, 15) is 4.79 Å². The van der Waals surface area contributed by atoms with Gasteiger partial charge >= 0.3 is 0 Å². The summed E-state index contributed by atoms with van der Waals surface area (Å²) in [6.07, 6.45) is 2.00. The lowest BCUT2D eigenvalue weighted by Gasteiger charge is -2.29. The van der Waals surface area contributed by atoms with Crippen molar-refractivity contribution in [3.8, 4) is 5.75 Å². The molecule has 0 aromatic heterocycles. The summed E-state index contributed by atoms with van der Waals surface area (Å²) in [5.74, 6) is 1.04. The highest BCUT2D eigenvalue weighted by Crippen LogP contribution is 2.18. The Bertz CT molecular complexity index is 369. The van der Waals surface area contributed by atoms with Crippen LogP contribution in [-0.2, 0) is 4.79 Å². The van der Waals surface area contributed by atoms with Gasteiger partial charge in [0, 0.05) is 6.54 Å². The van der Waals surface area contributed by atoms with Crippen LogP contribution in [0.4, 0.5) is 0 Å². The van der Waals surface area contributed by atoms with Crippen LogP contribution in [0.25, 0.3) is 0 Å². The zero-order valence-corrected chi connectivity index (χ0v) is 11.2. The smallest absolute Gasteiger partial charge is 0.236 e. The van der Waals surface area contributed by atoms with E-state index >= 15 is 0 Å². The maximum absolute atomic E-state index is 11.8. The first kappa shape index (κ1) is 12.4. The van der Waals surface area contributed by atoms with Gasteiger partial charge in [0.1, 0.15) is 12.4 Å². The molecule has 0 aliphatic carbocycles. The Morgan fingerprint density at radius 1 is 1.35 bits per heavy atom. The van der Waals surface area contributed by atoms with Gasteiger partial charge in [-0.1, -0.05) is 34.1 Å². The molecule has 1 saturated heterocycles. The van der Waals surface area contributed by atoms with E-state index in [0.717, 1.165) is 25.1 Å². The molecular weight excluding hydrogens is 282 g/mol. The van der Waals surface area contributed by atoms with Gasteiger partial charge in [-0.25, -0.2) is 0 Å². The minimum Gasteiger partial charge on any atom is -0.492 e. The first-order valence-electron chi connectivity index (χ1n) is 5.88. The second-order valence-corrected chi connectivity index (χ2v) is 5.20. The van der Waals surface area contributed by atoms with E-state index in [1.165, 1.54) is 0 Å². The van der Waals surface area contributed by atoms with Crippen LogP contribution in [0.2, 0.25) is 0 Å². The maximum Gasteiger partial charge on any atom is 0.236 e. The molecule has 1 aliphatic heterocycles. The number of carbonyl (C=O) groups is 1. The molecule has 92 valence electrons. The molecule has 3 nitrogen and oxygen atoms in total. The first-order valence-corrected chi connectivity index (χ1v) is 6.79. The van der Waals surface area contributed by atoms with E-state index < -0.39 is 0 Å². The molecule has 0 N–H and O–H groups in total. The maximum atomic E-state index is 11.8. The molecule has 1 aliphatic rings. The van der Waals surface area contributed by atoms with Crippen molar-refractivity contribution in [3.05, 3.63) is 30.3 Å². The zero-order valence-electron chi connectivity index (χ0n) is 9.64. The van der Waals surface area contributed by atoms with Crippen LogP contribution < -0.4 is 4.74 Å². The monoisotopic (exact) mass is 297 g/mol. The molecule has 0 bridgehead atoms. The van der Waals surface area contributed by atoms with E-state index in [1.54, 1.807) is 0 Å². The lowest BCUT2D eigenvalue weighted by atomic mass is 10.1. The van der Waals surface area contributed by atoms with Gasteiger partial charge in [0.2, 0.25) is 5.91 Å². The van der Waals surface area contributed by atoms with Crippen LogP contribution >= 0.6 is 15.9 Å². The SMILES string of the molecule is O=C1C(Br)CCCN1CCOc1ccccc1. The van der Waals surface area contributed by atoms with Crippen LogP contribution in [0, 0.1) is 0 Å². The minimum absolute atomic E-state index is 0.00650. The summed E-state index contributed by atoms with van der Waals surface area (Å²) in [5, 5.41) is 0. The highest BCUT2D eigenvalue weighted by molar-refractivity contribution is 9.10. The van der Waals surface area contributed by atoms with Crippen molar-refractivity contribution < 1.29 is 9.53 Å². The van der Waals surface area contributed by atoms with E-state index in [0.29, 0.717) is 13.2 Å². The van der Waals surface area contributed by atoms with E-state index in [2.05, 4.69) is 15.9 Å². The standard InChI is InChI=1S/C13H16BrNO2/c14-12-7-4-8-15(13(12)16)9-10-17-11-5-2-1-3-6-11/h1-3,5-6,12H,4,7-10H2. The first-order chi connectivity index (χ1) is 8.27. The fourth-order valence-electron chi connectivity index (χ4n) is 1.91. The van der Waals surface area contributed by atoms with Crippen LogP contribution in [0.15, 0.2) is 30.3 Å².